The number of imidazole rings is 1. The number of rotatable bonds is 3. The van der Waals surface area contributed by atoms with Crippen molar-refractivity contribution in [1.29, 1.82) is 5.26 Å². The summed E-state index contributed by atoms with van der Waals surface area (Å²) < 4.78 is 7.32. The predicted molar refractivity (Wildman–Crippen MR) is 91.0 cm³/mol. The van der Waals surface area contributed by atoms with E-state index >= 15 is 0 Å². The first-order valence-corrected chi connectivity index (χ1v) is 7.32. The number of nitriles is 1. The Balaban J connectivity index is 2.09. The molecule has 2 heterocycles. The van der Waals surface area contributed by atoms with Gasteiger partial charge in [-0.1, -0.05) is 0 Å². The minimum Gasteiger partial charge on any atom is -0.497 e. The monoisotopic (exact) mass is 306 g/mol. The maximum atomic E-state index is 9.52. The van der Waals surface area contributed by atoms with Crippen molar-refractivity contribution in [3.63, 3.8) is 0 Å². The van der Waals surface area contributed by atoms with Crippen LogP contribution in [0.25, 0.3) is 22.7 Å². The van der Waals surface area contributed by atoms with Crippen molar-refractivity contribution in [2.45, 2.75) is 13.8 Å². The Bertz CT molecular complexity index is 953. The van der Waals surface area contributed by atoms with E-state index < -0.39 is 0 Å². The lowest BCUT2D eigenvalue weighted by atomic mass is 10.1. The van der Waals surface area contributed by atoms with Crippen LogP contribution in [0.5, 0.6) is 5.75 Å². The van der Waals surface area contributed by atoms with Gasteiger partial charge in [-0.15, -0.1) is 0 Å². The van der Waals surface area contributed by atoms with Crippen molar-refractivity contribution in [2.24, 2.45) is 7.05 Å². The summed E-state index contributed by atoms with van der Waals surface area (Å²) in [6.07, 6.45) is 1.87. The van der Waals surface area contributed by atoms with Crippen molar-refractivity contribution in [3.05, 3.63) is 47.0 Å². The molecule has 0 spiro atoms. The summed E-state index contributed by atoms with van der Waals surface area (Å²) in [4.78, 5) is 7.70. The molecule has 0 saturated carbocycles. The number of fused-ring (bicyclic) bond motifs is 1. The topological polar surface area (TPSA) is 66.6 Å². The number of hydrogen-bond acceptors (Lipinski definition) is 3. The third-order valence-electron chi connectivity index (χ3n) is 4.18. The van der Waals surface area contributed by atoms with Gasteiger partial charge in [0.25, 0.3) is 0 Å². The summed E-state index contributed by atoms with van der Waals surface area (Å²) in [6.45, 7) is 4.08. The Hall–Kier alpha value is -3.00. The molecule has 3 aromatic rings. The fraction of sp³-hybridized carbons (Fsp3) is 0.222. The third-order valence-corrected chi connectivity index (χ3v) is 4.18. The smallest absolute Gasteiger partial charge is 0.149 e. The molecule has 0 radical (unpaired) electrons. The number of allylic oxidation sites excluding steroid dienone is 1. The van der Waals surface area contributed by atoms with E-state index in [2.05, 4.69) is 26.7 Å². The molecule has 3 rings (SSSR count). The Morgan fingerprint density at radius 2 is 2.13 bits per heavy atom. The minimum atomic E-state index is 0.508. The number of H-pyrrole nitrogens is 1. The zero-order valence-electron chi connectivity index (χ0n) is 13.6. The summed E-state index contributed by atoms with van der Waals surface area (Å²) in [5, 5.41) is 9.52. The first-order chi connectivity index (χ1) is 11.0. The lowest BCUT2D eigenvalue weighted by Crippen LogP contribution is -1.93. The normalized spacial score (nSPS) is 11.7. The molecule has 116 valence electrons. The summed E-state index contributed by atoms with van der Waals surface area (Å²) in [5.41, 5.74) is 5.46. The average molecular weight is 306 g/mol. The number of methoxy groups -OCH3 is 1. The molecule has 0 amide bonds. The van der Waals surface area contributed by atoms with Gasteiger partial charge in [0.2, 0.25) is 0 Å². The van der Waals surface area contributed by atoms with Crippen molar-refractivity contribution in [3.8, 4) is 11.8 Å². The van der Waals surface area contributed by atoms with Gasteiger partial charge in [0.1, 0.15) is 17.6 Å². The quantitative estimate of drug-likeness (QED) is 0.752. The number of aromatic nitrogens is 3. The predicted octanol–water partition coefficient (Wildman–Crippen LogP) is 3.59. The van der Waals surface area contributed by atoms with Gasteiger partial charge in [-0.2, -0.15) is 5.26 Å². The molecule has 0 aliphatic carbocycles. The van der Waals surface area contributed by atoms with Gasteiger partial charge in [-0.25, -0.2) is 4.98 Å². The molecule has 0 aliphatic rings. The Morgan fingerprint density at radius 1 is 1.35 bits per heavy atom. The van der Waals surface area contributed by atoms with Crippen molar-refractivity contribution in [2.75, 3.05) is 7.11 Å². The highest BCUT2D eigenvalue weighted by molar-refractivity contribution is 5.91. The van der Waals surface area contributed by atoms with Crippen LogP contribution < -0.4 is 4.74 Å². The van der Waals surface area contributed by atoms with Gasteiger partial charge in [0, 0.05) is 24.5 Å². The van der Waals surface area contributed by atoms with E-state index in [0.29, 0.717) is 11.4 Å². The van der Waals surface area contributed by atoms with Crippen LogP contribution in [0.4, 0.5) is 0 Å². The second-order valence-electron chi connectivity index (χ2n) is 5.52. The molecule has 5 nitrogen and oxygen atoms in total. The van der Waals surface area contributed by atoms with Crippen LogP contribution in [0, 0.1) is 25.2 Å². The zero-order chi connectivity index (χ0) is 16.6. The van der Waals surface area contributed by atoms with Crippen LogP contribution in [0.1, 0.15) is 22.8 Å². The molecule has 0 unspecified atom stereocenters. The molecular formula is C18H18N4O. The highest BCUT2D eigenvalue weighted by atomic mass is 16.5. The number of aromatic amines is 1. The molecule has 2 aromatic heterocycles. The molecule has 1 aromatic carbocycles. The molecule has 1 N–H and O–H groups in total. The van der Waals surface area contributed by atoms with Crippen LogP contribution in [0.3, 0.4) is 0 Å². The number of benzene rings is 1. The van der Waals surface area contributed by atoms with E-state index in [0.717, 1.165) is 33.7 Å². The summed E-state index contributed by atoms with van der Waals surface area (Å²) in [7, 11) is 3.64. The number of nitrogens with one attached hydrogen (secondary N) is 1. The first kappa shape index (κ1) is 14.9. The number of nitrogens with zero attached hydrogens (tertiary/aromatic N) is 3. The summed E-state index contributed by atoms with van der Waals surface area (Å²) in [5.74, 6) is 1.32. The largest absolute Gasteiger partial charge is 0.497 e. The van der Waals surface area contributed by atoms with E-state index in [1.165, 1.54) is 0 Å². The zero-order valence-corrected chi connectivity index (χ0v) is 13.6. The fourth-order valence-corrected chi connectivity index (χ4v) is 2.58. The van der Waals surface area contributed by atoms with Gasteiger partial charge >= 0.3 is 0 Å². The van der Waals surface area contributed by atoms with E-state index in [9.17, 15) is 5.26 Å². The Labute approximate surface area is 134 Å². The van der Waals surface area contributed by atoms with Crippen molar-refractivity contribution >= 4 is 22.7 Å². The molecule has 0 saturated heterocycles. The summed E-state index contributed by atoms with van der Waals surface area (Å²) >= 11 is 0. The van der Waals surface area contributed by atoms with E-state index in [1.807, 2.05) is 45.2 Å². The van der Waals surface area contributed by atoms with Crippen LogP contribution in [-0.4, -0.2) is 21.6 Å². The highest BCUT2D eigenvalue weighted by Crippen LogP contribution is 2.24. The third kappa shape index (κ3) is 2.59. The molecule has 0 fully saturated rings. The molecule has 23 heavy (non-hydrogen) atoms. The van der Waals surface area contributed by atoms with Gasteiger partial charge in [-0.3, -0.25) is 0 Å². The van der Waals surface area contributed by atoms with E-state index in [1.54, 1.807) is 7.11 Å². The molecule has 0 atom stereocenters. The SMILES string of the molecule is COc1ccc2nc(/C(C#N)=C\c3cc(C)n(C)c3C)[nH]c2c1. The number of aryl methyl sites for hydroxylation is 1. The standard InChI is InChI=1S/C18H18N4O/c1-11-7-13(12(2)22(11)3)8-14(10-19)18-20-16-6-5-15(23-4)9-17(16)21-18/h5-9H,1-4H3,(H,20,21)/b14-8-. The van der Waals surface area contributed by atoms with Crippen LogP contribution in [0.2, 0.25) is 0 Å². The van der Waals surface area contributed by atoms with E-state index in [-0.39, 0.29) is 0 Å². The molecule has 0 bridgehead atoms. The Morgan fingerprint density at radius 3 is 2.74 bits per heavy atom. The molecule has 5 heteroatoms. The molecule has 0 aliphatic heterocycles. The lowest BCUT2D eigenvalue weighted by molar-refractivity contribution is 0.415. The van der Waals surface area contributed by atoms with Gasteiger partial charge in [0.05, 0.1) is 23.7 Å². The first-order valence-electron chi connectivity index (χ1n) is 7.32. The minimum absolute atomic E-state index is 0.508. The van der Waals surface area contributed by atoms with Crippen LogP contribution in [0.15, 0.2) is 24.3 Å². The van der Waals surface area contributed by atoms with Crippen molar-refractivity contribution in [1.82, 2.24) is 14.5 Å². The summed E-state index contributed by atoms with van der Waals surface area (Å²) in [6, 6.07) is 9.91. The van der Waals surface area contributed by atoms with Crippen LogP contribution in [-0.2, 0) is 7.05 Å². The van der Waals surface area contributed by atoms with Gasteiger partial charge in [0.15, 0.2) is 0 Å². The fourth-order valence-electron chi connectivity index (χ4n) is 2.58. The maximum absolute atomic E-state index is 9.52. The van der Waals surface area contributed by atoms with Gasteiger partial charge < -0.3 is 14.3 Å². The highest BCUT2D eigenvalue weighted by Gasteiger charge is 2.11. The van der Waals surface area contributed by atoms with E-state index in [4.69, 9.17) is 4.74 Å². The van der Waals surface area contributed by atoms with Crippen LogP contribution >= 0.6 is 0 Å². The maximum Gasteiger partial charge on any atom is 0.149 e. The van der Waals surface area contributed by atoms with Gasteiger partial charge in [-0.05, 0) is 43.7 Å². The lowest BCUT2D eigenvalue weighted by Gasteiger charge is -1.99. The van der Waals surface area contributed by atoms with Crippen molar-refractivity contribution < 1.29 is 4.74 Å². The number of ether oxygens (including phenoxy) is 1. The number of hydrogen-bond donors (Lipinski definition) is 1. The second kappa shape index (κ2) is 5.65. The molecular weight excluding hydrogens is 288 g/mol. The Kier molecular flexibility index (Phi) is 3.67. The average Bonchev–Trinajstić information content (AvgIpc) is 3.08. The second-order valence-corrected chi connectivity index (χ2v) is 5.52.